The van der Waals surface area contributed by atoms with Crippen molar-refractivity contribution in [3.05, 3.63) is 0 Å². The molecule has 2 aliphatic carbocycles. The van der Waals surface area contributed by atoms with E-state index in [0.29, 0.717) is 6.10 Å². The minimum atomic E-state index is 0.285. The summed E-state index contributed by atoms with van der Waals surface area (Å²) in [6, 6.07) is 0.285. The van der Waals surface area contributed by atoms with Gasteiger partial charge in [-0.1, -0.05) is 6.42 Å². The Morgan fingerprint density at radius 3 is 2.57 bits per heavy atom. The van der Waals surface area contributed by atoms with Crippen LogP contribution in [-0.2, 0) is 4.74 Å². The lowest BCUT2D eigenvalue weighted by molar-refractivity contribution is 0.0502. The molecule has 2 aliphatic rings. The van der Waals surface area contributed by atoms with Gasteiger partial charge in [0.1, 0.15) is 0 Å². The molecule has 0 aromatic carbocycles. The summed E-state index contributed by atoms with van der Waals surface area (Å²) in [6.07, 6.45) is 6.01. The van der Waals surface area contributed by atoms with Crippen LogP contribution < -0.4 is 5.73 Å². The van der Waals surface area contributed by atoms with Gasteiger partial charge < -0.3 is 10.5 Å². The predicted molar refractivity (Wildman–Crippen MR) is 58.0 cm³/mol. The largest absolute Gasteiger partial charge is 0.377 e. The first-order valence-corrected chi connectivity index (χ1v) is 6.04. The maximum absolute atomic E-state index is 6.19. The molecule has 0 aliphatic heterocycles. The lowest BCUT2D eigenvalue weighted by Gasteiger charge is -2.28. The maximum Gasteiger partial charge on any atom is 0.0623 e. The quantitative estimate of drug-likeness (QED) is 0.749. The van der Waals surface area contributed by atoms with Gasteiger partial charge >= 0.3 is 0 Å². The Hall–Kier alpha value is -0.0800. The Morgan fingerprint density at radius 1 is 1.29 bits per heavy atom. The van der Waals surface area contributed by atoms with E-state index in [4.69, 9.17) is 10.5 Å². The fourth-order valence-electron chi connectivity index (χ4n) is 3.25. The SMILES string of the molecule is CC(C)OCC(N)C1CC2CCC1C2. The average Bonchev–Trinajstić information content (AvgIpc) is 2.74. The molecule has 2 fully saturated rings. The van der Waals surface area contributed by atoms with Crippen molar-refractivity contribution < 1.29 is 4.74 Å². The second-order valence-electron chi connectivity index (χ2n) is 5.38. The third-order valence-corrected chi connectivity index (χ3v) is 3.96. The fourth-order valence-corrected chi connectivity index (χ4v) is 3.25. The number of ether oxygens (including phenoxy) is 1. The molecule has 0 spiro atoms. The van der Waals surface area contributed by atoms with Gasteiger partial charge in [0.2, 0.25) is 0 Å². The summed E-state index contributed by atoms with van der Waals surface area (Å²) in [4.78, 5) is 0. The third-order valence-electron chi connectivity index (χ3n) is 3.96. The Morgan fingerprint density at radius 2 is 2.07 bits per heavy atom. The summed E-state index contributed by atoms with van der Waals surface area (Å²) in [7, 11) is 0. The predicted octanol–water partition coefficient (Wildman–Crippen LogP) is 2.17. The van der Waals surface area contributed by atoms with E-state index in [1.165, 1.54) is 25.7 Å². The van der Waals surface area contributed by atoms with Crippen LogP contribution in [0.15, 0.2) is 0 Å². The molecule has 0 heterocycles. The first kappa shape index (κ1) is 10.4. The van der Waals surface area contributed by atoms with E-state index in [2.05, 4.69) is 13.8 Å². The molecule has 14 heavy (non-hydrogen) atoms. The minimum absolute atomic E-state index is 0.285. The van der Waals surface area contributed by atoms with Crippen molar-refractivity contribution in [3.63, 3.8) is 0 Å². The van der Waals surface area contributed by atoms with Crippen molar-refractivity contribution in [1.82, 2.24) is 0 Å². The van der Waals surface area contributed by atoms with Crippen molar-refractivity contribution in [2.45, 2.75) is 51.7 Å². The number of hydrogen-bond acceptors (Lipinski definition) is 2. The van der Waals surface area contributed by atoms with Gasteiger partial charge in [-0.15, -0.1) is 0 Å². The summed E-state index contributed by atoms with van der Waals surface area (Å²) in [6.45, 7) is 4.91. The van der Waals surface area contributed by atoms with Gasteiger partial charge in [0.25, 0.3) is 0 Å². The van der Waals surface area contributed by atoms with Crippen molar-refractivity contribution in [1.29, 1.82) is 0 Å². The monoisotopic (exact) mass is 197 g/mol. The molecule has 0 aromatic rings. The Bertz CT molecular complexity index is 193. The highest BCUT2D eigenvalue weighted by Crippen LogP contribution is 2.49. The number of nitrogens with two attached hydrogens (primary N) is 1. The number of rotatable bonds is 4. The molecule has 4 atom stereocenters. The Kier molecular flexibility index (Phi) is 3.13. The van der Waals surface area contributed by atoms with Crippen LogP contribution in [0, 0.1) is 17.8 Å². The van der Waals surface area contributed by atoms with Gasteiger partial charge in [0, 0.05) is 6.04 Å². The van der Waals surface area contributed by atoms with Crippen LogP contribution in [0.4, 0.5) is 0 Å². The molecular weight excluding hydrogens is 174 g/mol. The van der Waals surface area contributed by atoms with Crippen LogP contribution in [0.5, 0.6) is 0 Å². The van der Waals surface area contributed by atoms with Crippen molar-refractivity contribution in [2.75, 3.05) is 6.61 Å². The molecule has 2 nitrogen and oxygen atoms in total. The topological polar surface area (TPSA) is 35.2 Å². The smallest absolute Gasteiger partial charge is 0.0623 e. The van der Waals surface area contributed by atoms with E-state index in [1.807, 2.05) is 0 Å². The zero-order valence-electron chi connectivity index (χ0n) is 9.41. The van der Waals surface area contributed by atoms with Crippen LogP contribution >= 0.6 is 0 Å². The normalized spacial score (nSPS) is 38.1. The fraction of sp³-hybridized carbons (Fsp3) is 1.00. The van der Waals surface area contributed by atoms with Crippen molar-refractivity contribution in [3.8, 4) is 0 Å². The Labute approximate surface area is 87.2 Å². The van der Waals surface area contributed by atoms with Gasteiger partial charge in [0.05, 0.1) is 12.7 Å². The van der Waals surface area contributed by atoms with E-state index in [0.717, 1.165) is 24.4 Å². The van der Waals surface area contributed by atoms with Gasteiger partial charge in [-0.3, -0.25) is 0 Å². The molecule has 0 radical (unpaired) electrons. The van der Waals surface area contributed by atoms with E-state index in [9.17, 15) is 0 Å². The molecule has 0 saturated heterocycles. The molecule has 0 amide bonds. The van der Waals surface area contributed by atoms with Gasteiger partial charge in [-0.25, -0.2) is 0 Å². The third kappa shape index (κ3) is 2.12. The molecule has 4 unspecified atom stereocenters. The van der Waals surface area contributed by atoms with Crippen LogP contribution in [0.3, 0.4) is 0 Å². The van der Waals surface area contributed by atoms with Crippen LogP contribution in [0.25, 0.3) is 0 Å². The molecular formula is C12H23NO. The summed E-state index contributed by atoms with van der Waals surface area (Å²) < 4.78 is 5.60. The lowest BCUT2D eigenvalue weighted by Crippen LogP contribution is -2.38. The molecule has 82 valence electrons. The summed E-state index contributed by atoms with van der Waals surface area (Å²) >= 11 is 0. The highest BCUT2D eigenvalue weighted by Gasteiger charge is 2.41. The number of fused-ring (bicyclic) bond motifs is 2. The highest BCUT2D eigenvalue weighted by atomic mass is 16.5. The molecule has 2 bridgehead atoms. The minimum Gasteiger partial charge on any atom is -0.377 e. The average molecular weight is 197 g/mol. The Balaban J connectivity index is 1.78. The lowest BCUT2D eigenvalue weighted by atomic mass is 9.84. The van der Waals surface area contributed by atoms with Gasteiger partial charge in [-0.05, 0) is 50.9 Å². The summed E-state index contributed by atoms with van der Waals surface area (Å²) in [5.74, 6) is 2.67. The zero-order valence-corrected chi connectivity index (χ0v) is 9.41. The van der Waals surface area contributed by atoms with E-state index in [-0.39, 0.29) is 6.04 Å². The van der Waals surface area contributed by atoms with E-state index >= 15 is 0 Å². The first-order chi connectivity index (χ1) is 6.66. The van der Waals surface area contributed by atoms with Gasteiger partial charge in [0.15, 0.2) is 0 Å². The maximum atomic E-state index is 6.19. The molecule has 2 rings (SSSR count). The van der Waals surface area contributed by atoms with Crippen LogP contribution in [-0.4, -0.2) is 18.8 Å². The second kappa shape index (κ2) is 4.19. The summed E-state index contributed by atoms with van der Waals surface area (Å²) in [5.41, 5.74) is 6.19. The van der Waals surface area contributed by atoms with Crippen LogP contribution in [0.1, 0.15) is 39.5 Å². The first-order valence-electron chi connectivity index (χ1n) is 6.04. The van der Waals surface area contributed by atoms with E-state index in [1.54, 1.807) is 0 Å². The molecule has 2 N–H and O–H groups in total. The number of hydrogen-bond donors (Lipinski definition) is 1. The summed E-state index contributed by atoms with van der Waals surface area (Å²) in [5, 5.41) is 0. The van der Waals surface area contributed by atoms with Crippen molar-refractivity contribution in [2.24, 2.45) is 23.5 Å². The molecule has 2 heteroatoms. The second-order valence-corrected chi connectivity index (χ2v) is 5.38. The highest BCUT2D eigenvalue weighted by molar-refractivity contribution is 4.94. The molecule has 0 aromatic heterocycles. The zero-order chi connectivity index (χ0) is 10.1. The van der Waals surface area contributed by atoms with Gasteiger partial charge in [-0.2, -0.15) is 0 Å². The van der Waals surface area contributed by atoms with Crippen LogP contribution in [0.2, 0.25) is 0 Å². The standard InChI is InChI=1S/C12H23NO/c1-8(2)14-7-12(13)11-6-9-3-4-10(11)5-9/h8-12H,3-7,13H2,1-2H3. The molecule has 2 saturated carbocycles. The van der Waals surface area contributed by atoms with E-state index < -0.39 is 0 Å². The van der Waals surface area contributed by atoms with Crippen molar-refractivity contribution >= 4 is 0 Å².